The molecule has 3 nitrogen and oxygen atoms in total. The Hall–Kier alpha value is -1.81. The van der Waals surface area contributed by atoms with E-state index in [2.05, 4.69) is 10.7 Å². The summed E-state index contributed by atoms with van der Waals surface area (Å²) in [5.41, 5.74) is 3.23. The zero-order valence-electron chi connectivity index (χ0n) is 9.81. The summed E-state index contributed by atoms with van der Waals surface area (Å²) in [6.07, 6.45) is 1.38. The molecule has 0 spiro atoms. The highest BCUT2D eigenvalue weighted by atomic mass is 32.1. The lowest BCUT2D eigenvalue weighted by atomic mass is 10.0. The van der Waals surface area contributed by atoms with E-state index in [1.54, 1.807) is 11.3 Å². The summed E-state index contributed by atoms with van der Waals surface area (Å²) in [5.74, 6) is 0.875. The number of fused-ring (bicyclic) bond motifs is 1. The van der Waals surface area contributed by atoms with Crippen molar-refractivity contribution in [2.24, 2.45) is 0 Å². The Labute approximate surface area is 109 Å². The molecule has 3 rings (SSSR count). The molecule has 1 aliphatic rings. The summed E-state index contributed by atoms with van der Waals surface area (Å²) in [6, 6.07) is 7.93. The first-order valence-electron chi connectivity index (χ1n) is 5.88. The minimum absolute atomic E-state index is 0.0810. The molecule has 0 aliphatic carbocycles. The van der Waals surface area contributed by atoms with Crippen LogP contribution in [-0.2, 0) is 17.8 Å². The molecule has 18 heavy (non-hydrogen) atoms. The van der Waals surface area contributed by atoms with Gasteiger partial charge in [-0.25, -0.2) is 0 Å². The van der Waals surface area contributed by atoms with Crippen LogP contribution in [-0.4, -0.2) is 5.91 Å². The molecule has 1 amide bonds. The second kappa shape index (κ2) is 4.82. The van der Waals surface area contributed by atoms with Crippen molar-refractivity contribution in [1.29, 1.82) is 0 Å². The van der Waals surface area contributed by atoms with Gasteiger partial charge in [0.1, 0.15) is 12.4 Å². The molecule has 0 bridgehead atoms. The van der Waals surface area contributed by atoms with E-state index < -0.39 is 0 Å². The molecular formula is C14H13NO2S. The molecule has 0 fully saturated rings. The number of aryl methyl sites for hydroxylation is 1. The molecule has 1 aromatic heterocycles. The van der Waals surface area contributed by atoms with Gasteiger partial charge in [0, 0.05) is 18.2 Å². The number of carbonyl (C=O) groups excluding carboxylic acids is 1. The zero-order chi connectivity index (χ0) is 12.4. The molecule has 1 N–H and O–H groups in total. The number of amides is 1. The fraction of sp³-hybridized carbons (Fsp3) is 0.214. The standard InChI is InChI=1S/C14H13NO2S/c16-14-4-2-11-1-3-12(7-13(11)15-14)17-8-10-5-6-18-9-10/h1,3,5-7,9H,2,4,8H2,(H,15,16). The third-order valence-corrected chi connectivity index (χ3v) is 3.69. The minimum Gasteiger partial charge on any atom is -0.489 e. The van der Waals surface area contributed by atoms with Crippen molar-refractivity contribution in [3.05, 3.63) is 46.2 Å². The second-order valence-electron chi connectivity index (χ2n) is 4.29. The highest BCUT2D eigenvalue weighted by Crippen LogP contribution is 2.27. The maximum absolute atomic E-state index is 11.3. The zero-order valence-corrected chi connectivity index (χ0v) is 10.6. The topological polar surface area (TPSA) is 38.3 Å². The van der Waals surface area contributed by atoms with Gasteiger partial charge in [-0.1, -0.05) is 6.07 Å². The fourth-order valence-corrected chi connectivity index (χ4v) is 2.64. The summed E-state index contributed by atoms with van der Waals surface area (Å²) >= 11 is 1.66. The van der Waals surface area contributed by atoms with Crippen molar-refractivity contribution in [1.82, 2.24) is 0 Å². The normalized spacial score (nSPS) is 13.9. The van der Waals surface area contributed by atoms with E-state index in [1.165, 1.54) is 11.1 Å². The van der Waals surface area contributed by atoms with E-state index in [1.807, 2.05) is 29.6 Å². The first-order valence-corrected chi connectivity index (χ1v) is 6.82. The number of hydrogen-bond acceptors (Lipinski definition) is 3. The molecule has 2 heterocycles. The predicted octanol–water partition coefficient (Wildman–Crippen LogP) is 3.21. The van der Waals surface area contributed by atoms with Crippen LogP contribution < -0.4 is 10.1 Å². The molecule has 92 valence electrons. The van der Waals surface area contributed by atoms with Crippen LogP contribution >= 0.6 is 11.3 Å². The summed E-state index contributed by atoms with van der Waals surface area (Å²) in [5, 5.41) is 6.98. The van der Waals surface area contributed by atoms with Crippen LogP contribution in [0.15, 0.2) is 35.0 Å². The Kier molecular flexibility index (Phi) is 3.02. The maximum Gasteiger partial charge on any atom is 0.224 e. The average molecular weight is 259 g/mol. The molecule has 4 heteroatoms. The van der Waals surface area contributed by atoms with Crippen molar-refractivity contribution in [2.75, 3.05) is 5.32 Å². The second-order valence-corrected chi connectivity index (χ2v) is 5.07. The van der Waals surface area contributed by atoms with E-state index >= 15 is 0 Å². The van der Waals surface area contributed by atoms with Gasteiger partial charge in [0.25, 0.3) is 0 Å². The van der Waals surface area contributed by atoms with Crippen LogP contribution in [0.2, 0.25) is 0 Å². The number of benzene rings is 1. The van der Waals surface area contributed by atoms with Crippen LogP contribution in [0.25, 0.3) is 0 Å². The molecular weight excluding hydrogens is 246 g/mol. The van der Waals surface area contributed by atoms with Crippen LogP contribution in [0.1, 0.15) is 17.5 Å². The molecule has 0 atom stereocenters. The van der Waals surface area contributed by atoms with Gasteiger partial charge < -0.3 is 10.1 Å². The monoisotopic (exact) mass is 259 g/mol. The molecule has 0 saturated carbocycles. The van der Waals surface area contributed by atoms with Crippen molar-refractivity contribution >= 4 is 22.9 Å². The lowest BCUT2D eigenvalue weighted by Crippen LogP contribution is -2.18. The smallest absolute Gasteiger partial charge is 0.224 e. The lowest BCUT2D eigenvalue weighted by Gasteiger charge is -2.17. The highest BCUT2D eigenvalue weighted by Gasteiger charge is 2.14. The van der Waals surface area contributed by atoms with Crippen LogP contribution in [0.5, 0.6) is 5.75 Å². The van der Waals surface area contributed by atoms with Gasteiger partial charge in [0.15, 0.2) is 0 Å². The third-order valence-electron chi connectivity index (χ3n) is 2.96. The van der Waals surface area contributed by atoms with E-state index in [0.717, 1.165) is 17.9 Å². The van der Waals surface area contributed by atoms with Crippen molar-refractivity contribution in [3.63, 3.8) is 0 Å². The fourth-order valence-electron chi connectivity index (χ4n) is 1.98. The van der Waals surface area contributed by atoms with Gasteiger partial charge in [-0.2, -0.15) is 11.3 Å². The number of rotatable bonds is 3. The number of anilines is 1. The van der Waals surface area contributed by atoms with Gasteiger partial charge >= 0.3 is 0 Å². The largest absolute Gasteiger partial charge is 0.489 e. The predicted molar refractivity (Wildman–Crippen MR) is 72.0 cm³/mol. The maximum atomic E-state index is 11.3. The molecule has 1 aliphatic heterocycles. The van der Waals surface area contributed by atoms with Crippen LogP contribution in [0, 0.1) is 0 Å². The number of carbonyl (C=O) groups is 1. The molecule has 0 unspecified atom stereocenters. The average Bonchev–Trinajstić information content (AvgIpc) is 2.89. The van der Waals surface area contributed by atoms with Gasteiger partial charge in [0.2, 0.25) is 5.91 Å². The van der Waals surface area contributed by atoms with Gasteiger partial charge in [-0.05, 0) is 40.4 Å². The van der Waals surface area contributed by atoms with E-state index in [9.17, 15) is 4.79 Å². The summed E-state index contributed by atoms with van der Waals surface area (Å²) in [4.78, 5) is 11.3. The summed E-state index contributed by atoms with van der Waals surface area (Å²) < 4.78 is 5.71. The number of thiophene rings is 1. The molecule has 1 aromatic carbocycles. The van der Waals surface area contributed by atoms with Crippen molar-refractivity contribution in [3.8, 4) is 5.75 Å². The SMILES string of the molecule is O=C1CCc2ccc(OCc3ccsc3)cc2N1. The number of hydrogen-bond donors (Lipinski definition) is 1. The summed E-state index contributed by atoms with van der Waals surface area (Å²) in [6.45, 7) is 0.566. The first-order chi connectivity index (χ1) is 8.81. The molecule has 0 saturated heterocycles. The van der Waals surface area contributed by atoms with Crippen LogP contribution in [0.4, 0.5) is 5.69 Å². The Morgan fingerprint density at radius 3 is 3.06 bits per heavy atom. The Morgan fingerprint density at radius 1 is 1.28 bits per heavy atom. The third kappa shape index (κ3) is 2.38. The molecule has 2 aromatic rings. The first kappa shape index (κ1) is 11.3. The van der Waals surface area contributed by atoms with E-state index in [4.69, 9.17) is 4.74 Å². The van der Waals surface area contributed by atoms with Crippen LogP contribution in [0.3, 0.4) is 0 Å². The Balaban J connectivity index is 1.73. The lowest BCUT2D eigenvalue weighted by molar-refractivity contribution is -0.116. The van der Waals surface area contributed by atoms with Crippen molar-refractivity contribution < 1.29 is 9.53 Å². The quantitative estimate of drug-likeness (QED) is 0.919. The number of ether oxygens (including phenoxy) is 1. The van der Waals surface area contributed by atoms with Gasteiger partial charge in [-0.15, -0.1) is 0 Å². The highest BCUT2D eigenvalue weighted by molar-refractivity contribution is 7.07. The molecule has 0 radical (unpaired) electrons. The minimum atomic E-state index is 0.0810. The van der Waals surface area contributed by atoms with Gasteiger partial charge in [0.05, 0.1) is 0 Å². The Morgan fingerprint density at radius 2 is 2.22 bits per heavy atom. The van der Waals surface area contributed by atoms with E-state index in [0.29, 0.717) is 13.0 Å². The summed E-state index contributed by atoms with van der Waals surface area (Å²) in [7, 11) is 0. The van der Waals surface area contributed by atoms with E-state index in [-0.39, 0.29) is 5.91 Å². The van der Waals surface area contributed by atoms with Crippen molar-refractivity contribution in [2.45, 2.75) is 19.4 Å². The number of nitrogens with one attached hydrogen (secondary N) is 1. The van der Waals surface area contributed by atoms with Gasteiger partial charge in [-0.3, -0.25) is 4.79 Å². The Bertz CT molecular complexity index is 563.